The quantitative estimate of drug-likeness (QED) is 0.294. The lowest BCUT2D eigenvalue weighted by Crippen LogP contribution is -2.14. The van der Waals surface area contributed by atoms with Crippen molar-refractivity contribution in [3.63, 3.8) is 0 Å². The van der Waals surface area contributed by atoms with Gasteiger partial charge in [-0.15, -0.1) is 0 Å². The van der Waals surface area contributed by atoms with E-state index in [0.717, 1.165) is 12.8 Å². The molecule has 0 N–H and O–H groups in total. The molecular weight excluding hydrogens is 248 g/mol. The molecule has 0 heterocycles. The van der Waals surface area contributed by atoms with Gasteiger partial charge in [0.25, 0.3) is 0 Å². The standard InChI is InChI=1S/C18H36O2/c1-4-6-7-8-9-10-11-12-13-14-15-16-20-18(19)17(3)5-2/h17H,4-16H2,1-3H3. The largest absolute Gasteiger partial charge is 0.465 e. The second-order valence-corrected chi connectivity index (χ2v) is 6.01. The van der Waals surface area contributed by atoms with Crippen LogP contribution in [-0.4, -0.2) is 12.6 Å². The van der Waals surface area contributed by atoms with Gasteiger partial charge in [0.15, 0.2) is 0 Å². The van der Waals surface area contributed by atoms with Crippen LogP contribution in [0.2, 0.25) is 0 Å². The third kappa shape index (κ3) is 12.5. The highest BCUT2D eigenvalue weighted by molar-refractivity contribution is 5.71. The van der Waals surface area contributed by atoms with E-state index in [1.54, 1.807) is 0 Å². The second kappa shape index (κ2) is 14.9. The zero-order valence-corrected chi connectivity index (χ0v) is 14.1. The molecule has 0 aromatic heterocycles. The van der Waals surface area contributed by atoms with E-state index in [0.29, 0.717) is 6.61 Å². The summed E-state index contributed by atoms with van der Waals surface area (Å²) in [6, 6.07) is 0. The minimum Gasteiger partial charge on any atom is -0.465 e. The fourth-order valence-electron chi connectivity index (χ4n) is 2.25. The van der Waals surface area contributed by atoms with Crippen LogP contribution in [0.1, 0.15) is 97.8 Å². The number of carbonyl (C=O) groups excluding carboxylic acids is 1. The van der Waals surface area contributed by atoms with Gasteiger partial charge < -0.3 is 4.74 Å². The monoisotopic (exact) mass is 284 g/mol. The van der Waals surface area contributed by atoms with Crippen LogP contribution in [0.5, 0.6) is 0 Å². The van der Waals surface area contributed by atoms with Crippen molar-refractivity contribution in [3.05, 3.63) is 0 Å². The number of esters is 1. The summed E-state index contributed by atoms with van der Waals surface area (Å²) in [7, 11) is 0. The highest BCUT2D eigenvalue weighted by Crippen LogP contribution is 2.11. The molecule has 0 aromatic rings. The summed E-state index contributed by atoms with van der Waals surface area (Å²) in [5.41, 5.74) is 0. The lowest BCUT2D eigenvalue weighted by Gasteiger charge is -2.08. The maximum absolute atomic E-state index is 11.4. The molecule has 0 aliphatic heterocycles. The van der Waals surface area contributed by atoms with Crippen LogP contribution in [0.3, 0.4) is 0 Å². The molecule has 0 saturated heterocycles. The Balaban J connectivity index is 3.11. The Bertz CT molecular complexity index is 213. The van der Waals surface area contributed by atoms with Crippen molar-refractivity contribution in [1.82, 2.24) is 0 Å². The molecular formula is C18H36O2. The summed E-state index contributed by atoms with van der Waals surface area (Å²) >= 11 is 0. The Morgan fingerprint density at radius 1 is 0.800 bits per heavy atom. The van der Waals surface area contributed by atoms with Crippen molar-refractivity contribution in [2.24, 2.45) is 5.92 Å². The van der Waals surface area contributed by atoms with E-state index in [1.165, 1.54) is 64.2 Å². The Morgan fingerprint density at radius 3 is 1.70 bits per heavy atom. The van der Waals surface area contributed by atoms with Crippen LogP contribution in [0.25, 0.3) is 0 Å². The van der Waals surface area contributed by atoms with E-state index in [2.05, 4.69) is 6.92 Å². The third-order valence-corrected chi connectivity index (χ3v) is 4.01. The van der Waals surface area contributed by atoms with Gasteiger partial charge in [-0.1, -0.05) is 85.0 Å². The first-order valence-electron chi connectivity index (χ1n) is 8.89. The molecule has 0 spiro atoms. The molecule has 0 fully saturated rings. The maximum Gasteiger partial charge on any atom is 0.308 e. The molecule has 0 saturated carbocycles. The van der Waals surface area contributed by atoms with Crippen molar-refractivity contribution < 1.29 is 9.53 Å². The number of ether oxygens (including phenoxy) is 1. The molecule has 0 aromatic carbocycles. The zero-order valence-electron chi connectivity index (χ0n) is 14.1. The van der Waals surface area contributed by atoms with Crippen LogP contribution in [-0.2, 0) is 9.53 Å². The maximum atomic E-state index is 11.4. The van der Waals surface area contributed by atoms with Gasteiger partial charge >= 0.3 is 5.97 Å². The van der Waals surface area contributed by atoms with E-state index >= 15 is 0 Å². The van der Waals surface area contributed by atoms with Gasteiger partial charge in [0.2, 0.25) is 0 Å². The molecule has 0 radical (unpaired) electrons. The molecule has 20 heavy (non-hydrogen) atoms. The first kappa shape index (κ1) is 19.5. The Labute approximate surface area is 126 Å². The highest BCUT2D eigenvalue weighted by Gasteiger charge is 2.10. The third-order valence-electron chi connectivity index (χ3n) is 4.01. The van der Waals surface area contributed by atoms with Crippen molar-refractivity contribution in [1.29, 1.82) is 0 Å². The SMILES string of the molecule is CCCCCCCCCCCCCOC(=O)C(C)CC. The molecule has 2 heteroatoms. The second-order valence-electron chi connectivity index (χ2n) is 6.01. The van der Waals surface area contributed by atoms with E-state index in [1.807, 2.05) is 13.8 Å². The number of hydrogen-bond acceptors (Lipinski definition) is 2. The van der Waals surface area contributed by atoms with Crippen molar-refractivity contribution in [2.45, 2.75) is 97.8 Å². The normalized spacial score (nSPS) is 12.3. The molecule has 2 nitrogen and oxygen atoms in total. The topological polar surface area (TPSA) is 26.3 Å². The predicted octanol–water partition coefficient (Wildman–Crippen LogP) is 5.89. The minimum atomic E-state index is -0.0282. The van der Waals surface area contributed by atoms with Gasteiger partial charge in [-0.25, -0.2) is 0 Å². The molecule has 120 valence electrons. The summed E-state index contributed by atoms with van der Waals surface area (Å²) in [5.74, 6) is 0.0299. The fraction of sp³-hybridized carbons (Fsp3) is 0.944. The molecule has 0 amide bonds. The first-order chi connectivity index (χ1) is 9.72. The summed E-state index contributed by atoms with van der Waals surface area (Å²) in [6.07, 6.45) is 15.5. The van der Waals surface area contributed by atoms with Crippen molar-refractivity contribution >= 4 is 5.97 Å². The van der Waals surface area contributed by atoms with Gasteiger partial charge in [0, 0.05) is 0 Å². The smallest absolute Gasteiger partial charge is 0.308 e. The zero-order chi connectivity index (χ0) is 15.1. The molecule has 0 aliphatic rings. The van der Waals surface area contributed by atoms with Crippen LogP contribution in [0.15, 0.2) is 0 Å². The lowest BCUT2D eigenvalue weighted by atomic mass is 10.1. The number of hydrogen-bond donors (Lipinski definition) is 0. The van der Waals surface area contributed by atoms with Crippen LogP contribution >= 0.6 is 0 Å². The number of unbranched alkanes of at least 4 members (excludes halogenated alkanes) is 10. The molecule has 0 rings (SSSR count). The van der Waals surface area contributed by atoms with Crippen molar-refractivity contribution in [2.75, 3.05) is 6.61 Å². The molecule has 0 bridgehead atoms. The van der Waals surface area contributed by atoms with Gasteiger partial charge in [-0.3, -0.25) is 4.79 Å². The summed E-state index contributed by atoms with van der Waals surface area (Å²) < 4.78 is 5.24. The van der Waals surface area contributed by atoms with E-state index in [-0.39, 0.29) is 11.9 Å². The van der Waals surface area contributed by atoms with Crippen LogP contribution in [0.4, 0.5) is 0 Å². The van der Waals surface area contributed by atoms with E-state index in [9.17, 15) is 4.79 Å². The van der Waals surface area contributed by atoms with Crippen molar-refractivity contribution in [3.8, 4) is 0 Å². The van der Waals surface area contributed by atoms with Gasteiger partial charge in [0.05, 0.1) is 12.5 Å². The van der Waals surface area contributed by atoms with Gasteiger partial charge in [-0.05, 0) is 12.8 Å². The Kier molecular flexibility index (Phi) is 14.5. The summed E-state index contributed by atoms with van der Waals surface area (Å²) in [6.45, 7) is 6.83. The van der Waals surface area contributed by atoms with E-state index < -0.39 is 0 Å². The minimum absolute atomic E-state index is 0.0282. The highest BCUT2D eigenvalue weighted by atomic mass is 16.5. The van der Waals surface area contributed by atoms with Crippen LogP contribution in [0, 0.1) is 5.92 Å². The Morgan fingerprint density at radius 2 is 1.25 bits per heavy atom. The fourth-order valence-corrected chi connectivity index (χ4v) is 2.25. The number of rotatable bonds is 14. The predicted molar refractivity (Wildman–Crippen MR) is 86.9 cm³/mol. The van der Waals surface area contributed by atoms with Gasteiger partial charge in [0.1, 0.15) is 0 Å². The first-order valence-corrected chi connectivity index (χ1v) is 8.89. The van der Waals surface area contributed by atoms with Gasteiger partial charge in [-0.2, -0.15) is 0 Å². The molecule has 0 aliphatic carbocycles. The summed E-state index contributed by atoms with van der Waals surface area (Å²) in [4.78, 5) is 11.4. The summed E-state index contributed by atoms with van der Waals surface area (Å²) in [5, 5.41) is 0. The molecule has 1 atom stereocenters. The molecule has 1 unspecified atom stereocenters. The average molecular weight is 284 g/mol. The Hall–Kier alpha value is -0.530. The van der Waals surface area contributed by atoms with Crippen LogP contribution < -0.4 is 0 Å². The average Bonchev–Trinajstić information content (AvgIpc) is 2.47. The van der Waals surface area contributed by atoms with E-state index in [4.69, 9.17) is 4.74 Å². The lowest BCUT2D eigenvalue weighted by molar-refractivity contribution is -0.148. The number of carbonyl (C=O) groups is 1.